The molecule has 0 spiro atoms. The maximum Gasteiger partial charge on any atom is 0.329 e. The third-order valence-corrected chi connectivity index (χ3v) is 9.08. The molecular weight excluding hydrogens is 694 g/mol. The molecule has 9 nitrogen and oxygen atoms in total. The number of hydrogen-bond donors (Lipinski definition) is 2. The standard InChI is InChI=1S/C35H46N6O3.4ClH/c42-31(25-38-19-15-36(16-20-38)23-29-9-3-1-4-10-29)27-40-33-13-7-8-14-34(33)41(35(40)44)28-32(43)26-39-21-17-37(18-22-39)24-30-11-5-2-6-12-30;;;;/h1-14,31-32,42-43H,15-28H2;4*1H. The monoisotopic (exact) mass is 742 g/mol. The molecule has 2 N–H and O–H groups in total. The molecular formula is C35H50Cl4N6O3. The van der Waals surface area contributed by atoms with Crippen molar-refractivity contribution in [3.63, 3.8) is 0 Å². The molecule has 48 heavy (non-hydrogen) atoms. The highest BCUT2D eigenvalue weighted by Crippen LogP contribution is 2.16. The summed E-state index contributed by atoms with van der Waals surface area (Å²) in [5.74, 6) is 0. The topological polar surface area (TPSA) is 80.3 Å². The van der Waals surface area contributed by atoms with Gasteiger partial charge in [0.25, 0.3) is 0 Å². The quantitative estimate of drug-likeness (QED) is 0.229. The molecule has 13 heteroatoms. The lowest BCUT2D eigenvalue weighted by Crippen LogP contribution is -2.49. The average Bonchev–Trinajstić information content (AvgIpc) is 3.30. The van der Waals surface area contributed by atoms with Crippen molar-refractivity contribution < 1.29 is 10.2 Å². The van der Waals surface area contributed by atoms with E-state index in [1.165, 1.54) is 11.1 Å². The first kappa shape index (κ1) is 42.0. The number of imidazole rings is 1. The lowest BCUT2D eigenvalue weighted by molar-refractivity contribution is 0.0599. The molecule has 0 aliphatic carbocycles. The molecule has 6 rings (SSSR count). The highest BCUT2D eigenvalue weighted by molar-refractivity contribution is 5.86. The summed E-state index contributed by atoms with van der Waals surface area (Å²) in [5.41, 5.74) is 4.06. The van der Waals surface area contributed by atoms with Gasteiger partial charge in [0.2, 0.25) is 0 Å². The van der Waals surface area contributed by atoms with Gasteiger partial charge in [-0.15, -0.1) is 49.6 Å². The highest BCUT2D eigenvalue weighted by atomic mass is 35.5. The van der Waals surface area contributed by atoms with Crippen LogP contribution < -0.4 is 5.69 Å². The van der Waals surface area contributed by atoms with Crippen LogP contribution in [0.4, 0.5) is 0 Å². The number of aliphatic hydroxyl groups excluding tert-OH is 2. The van der Waals surface area contributed by atoms with Gasteiger partial charge in [0, 0.05) is 78.5 Å². The van der Waals surface area contributed by atoms with E-state index in [9.17, 15) is 15.0 Å². The van der Waals surface area contributed by atoms with Crippen LogP contribution in [0.15, 0.2) is 89.7 Å². The normalized spacial score (nSPS) is 17.4. The van der Waals surface area contributed by atoms with Crippen molar-refractivity contribution >= 4 is 60.7 Å². The Morgan fingerprint density at radius 1 is 0.458 bits per heavy atom. The molecule has 0 saturated carbocycles. The van der Waals surface area contributed by atoms with Gasteiger partial charge < -0.3 is 10.2 Å². The molecule has 4 aromatic rings. The van der Waals surface area contributed by atoms with Crippen molar-refractivity contribution in [1.29, 1.82) is 0 Å². The first-order valence-corrected chi connectivity index (χ1v) is 16.0. The Balaban J connectivity index is 0.00000200. The zero-order chi connectivity index (χ0) is 30.3. The number of aromatic nitrogens is 2. The predicted octanol–water partition coefficient (Wildman–Crippen LogP) is 3.85. The molecule has 0 bridgehead atoms. The van der Waals surface area contributed by atoms with Crippen molar-refractivity contribution in [2.75, 3.05) is 65.4 Å². The van der Waals surface area contributed by atoms with Crippen molar-refractivity contribution in [3.05, 3.63) is 107 Å². The number of piperazine rings is 2. The number of para-hydroxylation sites is 2. The summed E-state index contributed by atoms with van der Waals surface area (Å²) in [6, 6.07) is 28.8. The minimum absolute atomic E-state index is 0. The van der Waals surface area contributed by atoms with E-state index in [4.69, 9.17) is 0 Å². The second-order valence-corrected chi connectivity index (χ2v) is 12.4. The highest BCUT2D eigenvalue weighted by Gasteiger charge is 2.24. The van der Waals surface area contributed by atoms with Gasteiger partial charge >= 0.3 is 5.69 Å². The molecule has 3 aromatic carbocycles. The molecule has 2 atom stereocenters. The van der Waals surface area contributed by atoms with E-state index in [0.717, 1.165) is 76.5 Å². The Morgan fingerprint density at radius 2 is 0.771 bits per heavy atom. The van der Waals surface area contributed by atoms with Crippen LogP contribution in [-0.4, -0.2) is 117 Å². The summed E-state index contributed by atoms with van der Waals surface area (Å²) in [5, 5.41) is 22.2. The summed E-state index contributed by atoms with van der Waals surface area (Å²) < 4.78 is 3.36. The fraction of sp³-hybridized carbons (Fsp3) is 0.457. The van der Waals surface area contributed by atoms with E-state index >= 15 is 0 Å². The van der Waals surface area contributed by atoms with Crippen molar-refractivity contribution in [1.82, 2.24) is 28.7 Å². The van der Waals surface area contributed by atoms with Crippen LogP contribution in [0.2, 0.25) is 0 Å². The van der Waals surface area contributed by atoms with Gasteiger partial charge in [-0.1, -0.05) is 72.8 Å². The number of β-amino-alcohol motifs (C(OH)–C–C–N with tert-alkyl or cyclic N) is 2. The lowest BCUT2D eigenvalue weighted by Gasteiger charge is -2.35. The van der Waals surface area contributed by atoms with E-state index in [1.54, 1.807) is 9.13 Å². The number of nitrogens with zero attached hydrogens (tertiary/aromatic N) is 6. The molecule has 2 aliphatic heterocycles. The minimum atomic E-state index is -0.662. The smallest absolute Gasteiger partial charge is 0.329 e. The van der Waals surface area contributed by atoms with Gasteiger partial charge in [0.1, 0.15) is 0 Å². The van der Waals surface area contributed by atoms with Crippen LogP contribution in [-0.2, 0) is 26.2 Å². The zero-order valence-electron chi connectivity index (χ0n) is 27.3. The van der Waals surface area contributed by atoms with Gasteiger partial charge in [-0.25, -0.2) is 4.79 Å². The van der Waals surface area contributed by atoms with Crippen LogP contribution in [0.5, 0.6) is 0 Å². The van der Waals surface area contributed by atoms with Crippen LogP contribution in [0.1, 0.15) is 11.1 Å². The Bertz CT molecular complexity index is 1420. The van der Waals surface area contributed by atoms with Gasteiger partial charge in [0.15, 0.2) is 0 Å². The molecule has 2 fully saturated rings. The second-order valence-electron chi connectivity index (χ2n) is 12.4. The van der Waals surface area contributed by atoms with Gasteiger partial charge in [0.05, 0.1) is 36.3 Å². The predicted molar refractivity (Wildman–Crippen MR) is 204 cm³/mol. The number of halogens is 4. The van der Waals surface area contributed by atoms with Crippen molar-refractivity contribution in [2.24, 2.45) is 0 Å². The number of benzene rings is 3. The summed E-state index contributed by atoms with van der Waals surface area (Å²) in [6.07, 6.45) is -1.32. The third kappa shape index (κ3) is 11.2. The van der Waals surface area contributed by atoms with E-state index in [1.807, 2.05) is 36.4 Å². The van der Waals surface area contributed by atoms with Crippen LogP contribution in [0, 0.1) is 0 Å². The third-order valence-electron chi connectivity index (χ3n) is 9.08. The zero-order valence-corrected chi connectivity index (χ0v) is 30.5. The van der Waals surface area contributed by atoms with E-state index < -0.39 is 12.2 Å². The van der Waals surface area contributed by atoms with E-state index in [-0.39, 0.29) is 68.4 Å². The summed E-state index contributed by atoms with van der Waals surface area (Å²) in [6.45, 7) is 10.8. The van der Waals surface area contributed by atoms with Crippen molar-refractivity contribution in [2.45, 2.75) is 38.4 Å². The summed E-state index contributed by atoms with van der Waals surface area (Å²) in [4.78, 5) is 23.1. The van der Waals surface area contributed by atoms with E-state index in [2.05, 4.69) is 68.1 Å². The molecule has 266 valence electrons. The average molecular weight is 745 g/mol. The molecule has 2 aliphatic rings. The van der Waals surface area contributed by atoms with Gasteiger partial charge in [-0.05, 0) is 23.3 Å². The van der Waals surface area contributed by atoms with Gasteiger partial charge in [-0.3, -0.25) is 28.7 Å². The lowest BCUT2D eigenvalue weighted by atomic mass is 10.2. The Kier molecular flexibility index (Phi) is 18.0. The summed E-state index contributed by atoms with van der Waals surface area (Å²) in [7, 11) is 0. The first-order valence-electron chi connectivity index (χ1n) is 16.0. The van der Waals surface area contributed by atoms with Crippen LogP contribution in [0.25, 0.3) is 11.0 Å². The van der Waals surface area contributed by atoms with Gasteiger partial charge in [-0.2, -0.15) is 0 Å². The fourth-order valence-electron chi connectivity index (χ4n) is 6.70. The Morgan fingerprint density at radius 3 is 1.12 bits per heavy atom. The Labute approximate surface area is 308 Å². The number of hydrogen-bond acceptors (Lipinski definition) is 7. The molecule has 2 unspecified atom stereocenters. The molecule has 0 amide bonds. The molecule has 0 radical (unpaired) electrons. The van der Waals surface area contributed by atoms with Crippen LogP contribution >= 0.6 is 49.6 Å². The van der Waals surface area contributed by atoms with Crippen LogP contribution in [0.3, 0.4) is 0 Å². The summed E-state index contributed by atoms with van der Waals surface area (Å²) >= 11 is 0. The minimum Gasteiger partial charge on any atom is -0.390 e. The maximum atomic E-state index is 13.6. The van der Waals surface area contributed by atoms with Crippen molar-refractivity contribution in [3.8, 4) is 0 Å². The molecule has 1 aromatic heterocycles. The molecule has 2 saturated heterocycles. The SMILES string of the molecule is Cl.Cl.Cl.Cl.O=c1n(CC(O)CN2CCN(Cc3ccccc3)CC2)c2ccccc2n1CC(O)CN1CCN(Cc2ccccc2)CC1. The maximum absolute atomic E-state index is 13.6. The Hall–Kier alpha value is -2.15. The largest absolute Gasteiger partial charge is 0.390 e. The number of fused-ring (bicyclic) bond motifs is 1. The van der Waals surface area contributed by atoms with E-state index in [0.29, 0.717) is 13.1 Å². The number of aliphatic hydroxyl groups is 2. The molecule has 3 heterocycles. The second kappa shape index (κ2) is 20.5. The fourth-order valence-corrected chi connectivity index (χ4v) is 6.70. The number of rotatable bonds is 12. The first-order chi connectivity index (χ1) is 21.5.